The number of carbonyl (C=O) groups excluding carboxylic acids is 2. The van der Waals surface area contributed by atoms with E-state index in [4.69, 9.17) is 24.8 Å². The zero-order valence-corrected chi connectivity index (χ0v) is 24.0. The fourth-order valence-electron chi connectivity index (χ4n) is 2.70. The smallest absolute Gasteiger partial charge is 0.406 e. The molecule has 1 N–H and O–H groups in total. The molecule has 2 rings (SSSR count). The minimum atomic E-state index is -0.719. The summed E-state index contributed by atoms with van der Waals surface area (Å²) >= 11 is 13.3. The van der Waals surface area contributed by atoms with Crippen LogP contribution in [0, 0.1) is 5.41 Å². The first-order valence-corrected chi connectivity index (χ1v) is 12.3. The van der Waals surface area contributed by atoms with Crippen LogP contribution in [-0.2, 0) is 19.3 Å². The third kappa shape index (κ3) is 6.29. The van der Waals surface area contributed by atoms with E-state index in [0.29, 0.717) is 29.4 Å². The molecule has 0 bridgehead atoms. The van der Waals surface area contributed by atoms with Gasteiger partial charge < -0.3 is 9.57 Å². The molecule has 0 radical (unpaired) electrons. The highest BCUT2D eigenvalue weighted by Gasteiger charge is 2.44. The highest BCUT2D eigenvalue weighted by molar-refractivity contribution is 9.15. The molecule has 0 aliphatic carbocycles. The van der Waals surface area contributed by atoms with Crippen molar-refractivity contribution in [2.75, 3.05) is 0 Å². The largest absolute Gasteiger partial charge is 0.446 e. The van der Waals surface area contributed by atoms with E-state index < -0.39 is 35.2 Å². The van der Waals surface area contributed by atoms with Crippen molar-refractivity contribution < 1.29 is 28.9 Å². The molecule has 0 fully saturated rings. The van der Waals surface area contributed by atoms with E-state index in [1.54, 1.807) is 6.92 Å². The van der Waals surface area contributed by atoms with Crippen LogP contribution in [0.1, 0.15) is 68.7 Å². The van der Waals surface area contributed by atoms with Crippen molar-refractivity contribution in [3.63, 3.8) is 0 Å². The molecule has 1 atom stereocenters. The van der Waals surface area contributed by atoms with Crippen molar-refractivity contribution in [1.29, 1.82) is 5.41 Å². The van der Waals surface area contributed by atoms with Gasteiger partial charge in [-0.1, -0.05) is 5.06 Å². The van der Waals surface area contributed by atoms with Crippen molar-refractivity contribution in [2.24, 2.45) is 0 Å². The lowest BCUT2D eigenvalue weighted by atomic mass is 10.0. The molecule has 0 aromatic heterocycles. The number of ether oxygens (including phenoxy) is 1. The molecule has 1 aromatic rings. The van der Waals surface area contributed by atoms with Gasteiger partial charge in [0.05, 0.1) is 16.7 Å². The lowest BCUT2D eigenvalue weighted by Crippen LogP contribution is -2.37. The summed E-state index contributed by atoms with van der Waals surface area (Å²) in [7, 11) is 0. The van der Waals surface area contributed by atoms with Crippen LogP contribution in [0.3, 0.4) is 0 Å². The Hall–Kier alpha value is -0.530. The summed E-state index contributed by atoms with van der Waals surface area (Å²) in [5.41, 5.74) is -0.963. The molecule has 8 nitrogen and oxygen atoms in total. The Kier molecular flexibility index (Phi) is 8.41. The van der Waals surface area contributed by atoms with Crippen molar-refractivity contribution in [3.8, 4) is 0 Å². The SMILES string of the molecule is CC(CC(C)(C)OOC(C)(C)C)OC(=N)ON1C(=O)c2c(Br)c(Br)c(Br)c(Br)c2C1=O. The number of benzene rings is 1. The highest BCUT2D eigenvalue weighted by Crippen LogP contribution is 2.45. The van der Waals surface area contributed by atoms with E-state index in [2.05, 4.69) is 63.7 Å². The van der Waals surface area contributed by atoms with Crippen molar-refractivity contribution in [2.45, 2.75) is 65.3 Å². The van der Waals surface area contributed by atoms with Gasteiger partial charge >= 0.3 is 6.08 Å². The topological polar surface area (TPSA) is 98.2 Å². The zero-order chi connectivity index (χ0) is 23.9. The molecule has 0 spiro atoms. The summed E-state index contributed by atoms with van der Waals surface area (Å²) in [6.45, 7) is 10.9. The van der Waals surface area contributed by atoms with Gasteiger partial charge in [-0.05, 0) is 105 Å². The second kappa shape index (κ2) is 9.76. The third-order valence-corrected chi connectivity index (χ3v) is 8.61. The Morgan fingerprint density at radius 1 is 0.903 bits per heavy atom. The van der Waals surface area contributed by atoms with Crippen LogP contribution in [0.25, 0.3) is 0 Å². The fraction of sp³-hybridized carbons (Fsp3) is 0.526. The van der Waals surface area contributed by atoms with E-state index in [-0.39, 0.29) is 11.1 Å². The standard InChI is InChI=1S/C19H22Br4N2O6/c1-8(7-19(5,6)31-30-18(2,3)4)28-17(24)29-25-15(26)9-10(16(25)27)12(21)14(23)13(22)11(9)20/h8,24H,7H2,1-6H3. The minimum absolute atomic E-state index is 0.113. The second-order valence-corrected chi connectivity index (χ2v) is 11.6. The van der Waals surface area contributed by atoms with Gasteiger partial charge in [-0.25, -0.2) is 15.2 Å². The van der Waals surface area contributed by atoms with Gasteiger partial charge in [0.25, 0.3) is 11.8 Å². The Labute approximate surface area is 214 Å². The molecule has 2 amide bonds. The molecular formula is C19H22Br4N2O6. The molecule has 1 aliphatic rings. The maximum Gasteiger partial charge on any atom is 0.406 e. The number of nitrogens with one attached hydrogen (secondary N) is 1. The molecule has 1 unspecified atom stereocenters. The first kappa shape index (κ1) is 26.7. The molecular weight excluding hydrogens is 672 g/mol. The number of imide groups is 1. The van der Waals surface area contributed by atoms with Gasteiger partial charge in [0.1, 0.15) is 11.7 Å². The van der Waals surface area contributed by atoms with Crippen LogP contribution in [0.2, 0.25) is 0 Å². The van der Waals surface area contributed by atoms with Crippen molar-refractivity contribution >= 4 is 81.6 Å². The normalized spacial score (nSPS) is 15.2. The zero-order valence-electron chi connectivity index (χ0n) is 17.7. The second-order valence-electron chi connectivity index (χ2n) is 8.46. The Balaban J connectivity index is 2.06. The van der Waals surface area contributed by atoms with Crippen molar-refractivity contribution in [1.82, 2.24) is 5.06 Å². The number of halogens is 4. The number of amides is 2. The van der Waals surface area contributed by atoms with Gasteiger partial charge in [0.15, 0.2) is 0 Å². The van der Waals surface area contributed by atoms with Gasteiger partial charge in [0, 0.05) is 24.3 Å². The van der Waals surface area contributed by atoms with Gasteiger partial charge in [-0.2, -0.15) is 0 Å². The Bertz CT molecular complexity index is 882. The van der Waals surface area contributed by atoms with Gasteiger partial charge in [-0.15, -0.1) is 0 Å². The Morgan fingerprint density at radius 3 is 1.77 bits per heavy atom. The molecule has 12 heteroatoms. The molecule has 1 heterocycles. The molecule has 0 saturated carbocycles. The van der Waals surface area contributed by atoms with Crippen LogP contribution in [0.15, 0.2) is 17.9 Å². The third-order valence-electron chi connectivity index (χ3n) is 3.84. The predicted molar refractivity (Wildman–Crippen MR) is 128 cm³/mol. The summed E-state index contributed by atoms with van der Waals surface area (Å²) in [6, 6.07) is 0. The van der Waals surface area contributed by atoms with Crippen LogP contribution < -0.4 is 0 Å². The maximum absolute atomic E-state index is 12.8. The van der Waals surface area contributed by atoms with Gasteiger partial charge in [0.2, 0.25) is 0 Å². The van der Waals surface area contributed by atoms with Crippen LogP contribution in [-0.4, -0.2) is 40.3 Å². The average Bonchev–Trinajstić information content (AvgIpc) is 2.86. The lowest BCUT2D eigenvalue weighted by Gasteiger charge is -2.30. The Morgan fingerprint density at radius 2 is 1.35 bits per heavy atom. The van der Waals surface area contributed by atoms with E-state index in [9.17, 15) is 9.59 Å². The van der Waals surface area contributed by atoms with Crippen molar-refractivity contribution in [3.05, 3.63) is 29.0 Å². The van der Waals surface area contributed by atoms with E-state index >= 15 is 0 Å². The predicted octanol–water partition coefficient (Wildman–Crippen LogP) is 6.52. The summed E-state index contributed by atoms with van der Waals surface area (Å²) in [5.74, 6) is -1.44. The van der Waals surface area contributed by atoms with Crippen LogP contribution in [0.5, 0.6) is 0 Å². The van der Waals surface area contributed by atoms with E-state index in [0.717, 1.165) is 0 Å². The summed E-state index contributed by atoms with van der Waals surface area (Å²) in [5, 5.41) is 8.47. The number of hydrogen-bond acceptors (Lipinski definition) is 7. The number of nitrogens with zero attached hydrogens (tertiary/aromatic N) is 1. The number of carbonyl (C=O) groups is 2. The first-order valence-electron chi connectivity index (χ1n) is 9.10. The quantitative estimate of drug-likeness (QED) is 0.0694. The number of fused-ring (bicyclic) bond motifs is 1. The van der Waals surface area contributed by atoms with E-state index in [1.807, 2.05) is 34.6 Å². The summed E-state index contributed by atoms with van der Waals surface area (Å²) in [6.07, 6.45) is -0.864. The average molecular weight is 694 g/mol. The summed E-state index contributed by atoms with van der Waals surface area (Å²) in [4.78, 5) is 41.5. The maximum atomic E-state index is 12.8. The molecule has 172 valence electrons. The number of rotatable bonds is 6. The van der Waals surface area contributed by atoms with Crippen LogP contribution in [0.4, 0.5) is 0 Å². The van der Waals surface area contributed by atoms with Crippen LogP contribution >= 0.6 is 63.7 Å². The van der Waals surface area contributed by atoms with Gasteiger partial charge in [-0.3, -0.25) is 9.59 Å². The minimum Gasteiger partial charge on any atom is -0.446 e. The number of hydrogen-bond donors (Lipinski definition) is 1. The lowest BCUT2D eigenvalue weighted by molar-refractivity contribution is -0.399. The fourth-order valence-corrected chi connectivity index (χ4v) is 5.16. The molecule has 1 aliphatic heterocycles. The molecule has 1 aromatic carbocycles. The monoisotopic (exact) mass is 690 g/mol. The molecule has 31 heavy (non-hydrogen) atoms. The first-order chi connectivity index (χ1) is 14.1. The number of hydroxylamine groups is 2. The molecule has 0 saturated heterocycles. The highest BCUT2D eigenvalue weighted by atomic mass is 79.9. The van der Waals surface area contributed by atoms with E-state index in [1.165, 1.54) is 0 Å². The summed E-state index contributed by atoms with van der Waals surface area (Å²) < 4.78 is 7.31.